The second-order valence-corrected chi connectivity index (χ2v) is 6.51. The van der Waals surface area contributed by atoms with E-state index in [1.165, 1.54) is 6.08 Å². The van der Waals surface area contributed by atoms with E-state index in [4.69, 9.17) is 16.3 Å². The molecular weight excluding hydrogens is 372 g/mol. The van der Waals surface area contributed by atoms with Crippen LogP contribution >= 0.6 is 11.6 Å². The van der Waals surface area contributed by atoms with Gasteiger partial charge in [0.05, 0.1) is 17.2 Å². The fourth-order valence-electron chi connectivity index (χ4n) is 2.64. The van der Waals surface area contributed by atoms with E-state index in [0.29, 0.717) is 22.2 Å². The molecule has 0 aliphatic heterocycles. The smallest absolute Gasteiger partial charge is 0.238 e. The molecule has 0 amide bonds. The van der Waals surface area contributed by atoms with Crippen molar-refractivity contribution < 1.29 is 9.53 Å². The van der Waals surface area contributed by atoms with E-state index >= 15 is 0 Å². The van der Waals surface area contributed by atoms with E-state index in [0.717, 1.165) is 16.6 Å². The first-order chi connectivity index (χ1) is 13.7. The third-order valence-corrected chi connectivity index (χ3v) is 4.34. The van der Waals surface area contributed by atoms with E-state index in [1.807, 2.05) is 36.4 Å². The first-order valence-corrected chi connectivity index (χ1v) is 9.03. The highest BCUT2D eigenvalue weighted by Crippen LogP contribution is 2.21. The highest BCUT2D eigenvalue weighted by atomic mass is 35.5. The van der Waals surface area contributed by atoms with E-state index in [-0.39, 0.29) is 5.78 Å². The average Bonchev–Trinajstić information content (AvgIpc) is 2.73. The number of halogens is 1. The summed E-state index contributed by atoms with van der Waals surface area (Å²) in [7, 11) is 0. The third-order valence-electron chi connectivity index (χ3n) is 4.08. The summed E-state index contributed by atoms with van der Waals surface area (Å²) in [6.07, 6.45) is 4.87. The molecule has 0 saturated carbocycles. The number of allylic oxidation sites excluding steroid dienone is 1. The van der Waals surface area contributed by atoms with E-state index in [9.17, 15) is 4.79 Å². The first-order valence-electron chi connectivity index (χ1n) is 8.65. The predicted octanol–water partition coefficient (Wildman–Crippen LogP) is 5.97. The van der Waals surface area contributed by atoms with Crippen molar-refractivity contribution >= 4 is 34.5 Å². The molecule has 0 saturated heterocycles. The molecule has 136 valence electrons. The lowest BCUT2D eigenvalue weighted by atomic mass is 10.1. The van der Waals surface area contributed by atoms with Crippen LogP contribution in [0.2, 0.25) is 5.02 Å². The highest BCUT2D eigenvalue weighted by molar-refractivity contribution is 6.30. The molecule has 0 aliphatic carbocycles. The number of ether oxygens (including phenoxy) is 1. The van der Waals surface area contributed by atoms with Crippen molar-refractivity contribution in [1.82, 2.24) is 9.97 Å². The van der Waals surface area contributed by atoms with Gasteiger partial charge < -0.3 is 4.74 Å². The lowest BCUT2D eigenvalue weighted by Gasteiger charge is -2.06. The summed E-state index contributed by atoms with van der Waals surface area (Å²) in [4.78, 5) is 21.1. The van der Waals surface area contributed by atoms with Gasteiger partial charge in [0.1, 0.15) is 5.75 Å². The Bertz CT molecular complexity index is 1150. The molecule has 5 heteroatoms. The van der Waals surface area contributed by atoms with Gasteiger partial charge in [0.25, 0.3) is 0 Å². The normalized spacial score (nSPS) is 11.0. The molecular formula is C23H15ClN2O2. The summed E-state index contributed by atoms with van der Waals surface area (Å²) in [6.45, 7) is 0. The van der Waals surface area contributed by atoms with Gasteiger partial charge in [0.15, 0.2) is 5.78 Å². The second-order valence-electron chi connectivity index (χ2n) is 6.07. The van der Waals surface area contributed by atoms with Crippen molar-refractivity contribution in [2.45, 2.75) is 0 Å². The number of benzene rings is 3. The molecule has 0 unspecified atom stereocenters. The molecule has 0 spiro atoms. The van der Waals surface area contributed by atoms with Crippen molar-refractivity contribution in [2.75, 3.05) is 0 Å². The Morgan fingerprint density at radius 1 is 0.893 bits per heavy atom. The zero-order valence-electron chi connectivity index (χ0n) is 14.7. The van der Waals surface area contributed by atoms with Gasteiger partial charge in [-0.05, 0) is 60.2 Å². The molecule has 0 N–H and O–H groups in total. The summed E-state index contributed by atoms with van der Waals surface area (Å²) in [5.74, 6) is 0.898. The molecule has 1 heterocycles. The maximum Gasteiger partial charge on any atom is 0.238 e. The Balaban J connectivity index is 1.45. The maximum atomic E-state index is 12.3. The Morgan fingerprint density at radius 2 is 1.61 bits per heavy atom. The molecule has 3 aromatic carbocycles. The average molecular weight is 387 g/mol. The van der Waals surface area contributed by atoms with E-state index < -0.39 is 0 Å². The quantitative estimate of drug-likeness (QED) is 0.313. The number of nitrogens with zero attached hydrogens (tertiary/aromatic N) is 2. The van der Waals surface area contributed by atoms with Crippen molar-refractivity contribution in [3.8, 4) is 11.6 Å². The summed E-state index contributed by atoms with van der Waals surface area (Å²) in [5.41, 5.74) is 3.05. The Hall–Kier alpha value is -3.50. The van der Waals surface area contributed by atoms with Gasteiger partial charge in [-0.2, -0.15) is 0 Å². The molecule has 28 heavy (non-hydrogen) atoms. The number of rotatable bonds is 5. The molecule has 0 radical (unpaired) electrons. The van der Waals surface area contributed by atoms with Crippen LogP contribution in [0.1, 0.15) is 15.9 Å². The van der Waals surface area contributed by atoms with Crippen LogP contribution in [0.5, 0.6) is 11.6 Å². The van der Waals surface area contributed by atoms with Crippen LogP contribution in [0.15, 0.2) is 85.1 Å². The summed E-state index contributed by atoms with van der Waals surface area (Å²) in [5, 5.41) is 0.662. The lowest BCUT2D eigenvalue weighted by Crippen LogP contribution is -1.95. The third kappa shape index (κ3) is 4.24. The molecule has 0 bridgehead atoms. The van der Waals surface area contributed by atoms with Crippen LogP contribution in [0, 0.1) is 0 Å². The fraction of sp³-hybridized carbons (Fsp3) is 0. The zero-order valence-corrected chi connectivity index (χ0v) is 15.5. The van der Waals surface area contributed by atoms with Crippen molar-refractivity contribution in [2.24, 2.45) is 0 Å². The molecule has 0 atom stereocenters. The standard InChI is InChI=1S/C23H15ClN2O2/c24-18-10-5-16(6-11-18)7-14-22(27)17-8-12-19(13-9-17)28-23-15-25-20-3-1-2-4-21(20)26-23/h1-15H/b14-7+. The number of hydrogen-bond donors (Lipinski definition) is 0. The summed E-state index contributed by atoms with van der Waals surface area (Å²) in [6, 6.07) is 21.8. The number of aromatic nitrogens is 2. The summed E-state index contributed by atoms with van der Waals surface area (Å²) >= 11 is 5.86. The van der Waals surface area contributed by atoms with Crippen LogP contribution in [0.3, 0.4) is 0 Å². The Labute approximate surface area is 167 Å². The van der Waals surface area contributed by atoms with Gasteiger partial charge in [-0.3, -0.25) is 4.79 Å². The lowest BCUT2D eigenvalue weighted by molar-refractivity contribution is 0.104. The first kappa shape index (κ1) is 17.9. The minimum atomic E-state index is -0.0907. The van der Waals surface area contributed by atoms with Crippen LogP contribution in [-0.2, 0) is 0 Å². The number of fused-ring (bicyclic) bond motifs is 1. The highest BCUT2D eigenvalue weighted by Gasteiger charge is 2.05. The molecule has 4 rings (SSSR count). The molecule has 0 aliphatic rings. The maximum absolute atomic E-state index is 12.3. The van der Waals surface area contributed by atoms with Gasteiger partial charge in [-0.1, -0.05) is 41.9 Å². The van der Waals surface area contributed by atoms with Crippen molar-refractivity contribution in [3.05, 3.63) is 101 Å². The largest absolute Gasteiger partial charge is 0.437 e. The summed E-state index contributed by atoms with van der Waals surface area (Å²) < 4.78 is 5.75. The number of hydrogen-bond acceptors (Lipinski definition) is 4. The van der Waals surface area contributed by atoms with Crippen molar-refractivity contribution in [1.29, 1.82) is 0 Å². The van der Waals surface area contributed by atoms with E-state index in [2.05, 4.69) is 9.97 Å². The minimum Gasteiger partial charge on any atom is -0.437 e. The fourth-order valence-corrected chi connectivity index (χ4v) is 2.77. The molecule has 4 aromatic rings. The molecule has 1 aromatic heterocycles. The SMILES string of the molecule is O=C(/C=C/c1ccc(Cl)cc1)c1ccc(Oc2cnc3ccccc3n2)cc1. The van der Waals surface area contributed by atoms with Gasteiger partial charge in [-0.15, -0.1) is 0 Å². The molecule has 0 fully saturated rings. The van der Waals surface area contributed by atoms with Crippen LogP contribution in [0.25, 0.3) is 17.1 Å². The molecule has 4 nitrogen and oxygen atoms in total. The van der Waals surface area contributed by atoms with Gasteiger partial charge in [0.2, 0.25) is 5.88 Å². The van der Waals surface area contributed by atoms with Gasteiger partial charge in [0, 0.05) is 10.6 Å². The van der Waals surface area contributed by atoms with Gasteiger partial charge in [-0.25, -0.2) is 9.97 Å². The van der Waals surface area contributed by atoms with Gasteiger partial charge >= 0.3 is 0 Å². The Kier molecular flexibility index (Phi) is 5.13. The topological polar surface area (TPSA) is 52.1 Å². The number of carbonyl (C=O) groups excluding carboxylic acids is 1. The number of carbonyl (C=O) groups is 1. The zero-order chi connectivity index (χ0) is 19.3. The van der Waals surface area contributed by atoms with E-state index in [1.54, 1.807) is 48.7 Å². The number of para-hydroxylation sites is 2. The predicted molar refractivity (Wildman–Crippen MR) is 111 cm³/mol. The second kappa shape index (κ2) is 8.03. The van der Waals surface area contributed by atoms with Crippen LogP contribution in [0.4, 0.5) is 0 Å². The van der Waals surface area contributed by atoms with Crippen LogP contribution < -0.4 is 4.74 Å². The number of ketones is 1. The monoisotopic (exact) mass is 386 g/mol. The Morgan fingerprint density at radius 3 is 2.36 bits per heavy atom. The minimum absolute atomic E-state index is 0.0907. The van der Waals surface area contributed by atoms with Crippen LogP contribution in [-0.4, -0.2) is 15.8 Å². The van der Waals surface area contributed by atoms with Crippen molar-refractivity contribution in [3.63, 3.8) is 0 Å².